The summed E-state index contributed by atoms with van der Waals surface area (Å²) in [5.41, 5.74) is 2.66. The van der Waals surface area contributed by atoms with Crippen LogP contribution < -0.4 is 5.50 Å². The van der Waals surface area contributed by atoms with E-state index < -0.39 is 7.60 Å². The van der Waals surface area contributed by atoms with Crippen molar-refractivity contribution in [3.8, 4) is 11.1 Å². The maximum atomic E-state index is 12.5. The molecule has 0 N–H and O–H groups in total. The van der Waals surface area contributed by atoms with Gasteiger partial charge >= 0.3 is 7.60 Å². The van der Waals surface area contributed by atoms with Crippen molar-refractivity contribution in [1.29, 1.82) is 0 Å². The monoisotopic (exact) mass is 314 g/mol. The molecule has 0 bridgehead atoms. The standard InChI is InChI=1S/C14H16ClO4P/c1-4-10-12(11-7-5-6-8-13(11)15)9-19-14(10)20(16,17-2)18-3/h5-9H,4H2,1-3H3. The average Bonchev–Trinajstić information content (AvgIpc) is 2.91. The molecule has 2 aromatic rings. The van der Waals surface area contributed by atoms with Gasteiger partial charge in [-0.25, -0.2) is 0 Å². The van der Waals surface area contributed by atoms with Crippen LogP contribution >= 0.6 is 19.2 Å². The van der Waals surface area contributed by atoms with Crippen molar-refractivity contribution < 1.29 is 18.0 Å². The van der Waals surface area contributed by atoms with Crippen LogP contribution in [0, 0.1) is 0 Å². The summed E-state index contributed by atoms with van der Waals surface area (Å²) in [6, 6.07) is 7.43. The van der Waals surface area contributed by atoms with Gasteiger partial charge in [0, 0.05) is 35.9 Å². The molecule has 0 fully saturated rings. The summed E-state index contributed by atoms with van der Waals surface area (Å²) in [5, 5.41) is 0.610. The quantitative estimate of drug-likeness (QED) is 0.773. The summed E-state index contributed by atoms with van der Waals surface area (Å²) >= 11 is 6.21. The molecule has 2 rings (SSSR count). The zero-order valence-electron chi connectivity index (χ0n) is 11.6. The van der Waals surface area contributed by atoms with Crippen LogP contribution in [0.1, 0.15) is 12.5 Å². The molecule has 0 radical (unpaired) electrons. The van der Waals surface area contributed by atoms with E-state index in [2.05, 4.69) is 0 Å². The number of halogens is 1. The smallest absolute Gasteiger partial charge is 0.396 e. The van der Waals surface area contributed by atoms with Crippen molar-refractivity contribution in [2.75, 3.05) is 14.2 Å². The second-order valence-electron chi connectivity index (χ2n) is 4.13. The summed E-state index contributed by atoms with van der Waals surface area (Å²) in [5.74, 6) is 0. The Morgan fingerprint density at radius 3 is 2.40 bits per heavy atom. The van der Waals surface area contributed by atoms with E-state index in [1.165, 1.54) is 14.2 Å². The van der Waals surface area contributed by atoms with E-state index in [0.29, 0.717) is 11.4 Å². The topological polar surface area (TPSA) is 48.7 Å². The Hall–Kier alpha value is -1.06. The molecule has 0 unspecified atom stereocenters. The largest absolute Gasteiger partial charge is 0.455 e. The van der Waals surface area contributed by atoms with E-state index >= 15 is 0 Å². The first-order chi connectivity index (χ1) is 9.57. The Kier molecular flexibility index (Phi) is 4.71. The molecule has 0 saturated carbocycles. The number of rotatable bonds is 5. The van der Waals surface area contributed by atoms with Crippen LogP contribution in [0.2, 0.25) is 5.02 Å². The number of benzene rings is 1. The van der Waals surface area contributed by atoms with Crippen molar-refractivity contribution >= 4 is 24.7 Å². The van der Waals surface area contributed by atoms with Crippen LogP contribution in [-0.4, -0.2) is 14.2 Å². The Labute approximate surface area is 123 Å². The van der Waals surface area contributed by atoms with Crippen LogP contribution in [0.15, 0.2) is 34.9 Å². The third-order valence-electron chi connectivity index (χ3n) is 3.12. The minimum Gasteiger partial charge on any atom is -0.455 e. The molecule has 0 saturated heterocycles. The number of hydrogen-bond acceptors (Lipinski definition) is 4. The number of furan rings is 1. The third kappa shape index (κ3) is 2.57. The first kappa shape index (κ1) is 15.3. The van der Waals surface area contributed by atoms with E-state index in [4.69, 9.17) is 25.1 Å². The molecule has 0 aliphatic heterocycles. The minimum atomic E-state index is -3.41. The van der Waals surface area contributed by atoms with Gasteiger partial charge in [0.05, 0.1) is 6.26 Å². The first-order valence-corrected chi connectivity index (χ1v) is 8.06. The second kappa shape index (κ2) is 6.15. The number of hydrogen-bond donors (Lipinski definition) is 0. The molecule has 0 spiro atoms. The van der Waals surface area contributed by atoms with Gasteiger partial charge in [-0.1, -0.05) is 36.7 Å². The van der Waals surface area contributed by atoms with Gasteiger partial charge in [0.1, 0.15) is 0 Å². The van der Waals surface area contributed by atoms with E-state index in [9.17, 15) is 4.57 Å². The molecule has 1 aromatic carbocycles. The van der Waals surface area contributed by atoms with E-state index in [1.807, 2.05) is 25.1 Å². The summed E-state index contributed by atoms with van der Waals surface area (Å²) in [6.45, 7) is 1.95. The Bertz CT molecular complexity index is 642. The van der Waals surface area contributed by atoms with Crippen LogP contribution in [0.3, 0.4) is 0 Å². The molecular weight excluding hydrogens is 299 g/mol. The predicted molar refractivity (Wildman–Crippen MR) is 79.8 cm³/mol. The Morgan fingerprint density at radius 2 is 1.85 bits per heavy atom. The molecule has 0 aliphatic carbocycles. The van der Waals surface area contributed by atoms with Gasteiger partial charge in [0.25, 0.3) is 0 Å². The molecule has 0 atom stereocenters. The zero-order chi connectivity index (χ0) is 14.8. The molecule has 6 heteroatoms. The molecule has 0 aliphatic rings. The van der Waals surface area contributed by atoms with Gasteiger partial charge in [0.2, 0.25) is 5.50 Å². The summed E-state index contributed by atoms with van der Waals surface area (Å²) in [6.07, 6.45) is 2.17. The summed E-state index contributed by atoms with van der Waals surface area (Å²) < 4.78 is 28.0. The van der Waals surface area contributed by atoms with E-state index in [-0.39, 0.29) is 5.50 Å². The normalized spacial score (nSPS) is 11.8. The van der Waals surface area contributed by atoms with Crippen LogP contribution in [0.5, 0.6) is 0 Å². The van der Waals surface area contributed by atoms with Crippen LogP contribution in [0.4, 0.5) is 0 Å². The lowest BCUT2D eigenvalue weighted by atomic mass is 10.0. The van der Waals surface area contributed by atoms with Gasteiger partial charge in [-0.15, -0.1) is 0 Å². The van der Waals surface area contributed by atoms with Gasteiger partial charge in [-0.3, -0.25) is 4.57 Å². The summed E-state index contributed by atoms with van der Waals surface area (Å²) in [7, 11) is -0.743. The highest BCUT2D eigenvalue weighted by molar-refractivity contribution is 7.61. The third-order valence-corrected chi connectivity index (χ3v) is 5.28. The Morgan fingerprint density at radius 1 is 1.20 bits per heavy atom. The molecule has 1 heterocycles. The van der Waals surface area contributed by atoms with Gasteiger partial charge in [-0.05, 0) is 12.5 Å². The zero-order valence-corrected chi connectivity index (χ0v) is 13.2. The van der Waals surface area contributed by atoms with Gasteiger partial charge < -0.3 is 13.5 Å². The van der Waals surface area contributed by atoms with E-state index in [1.54, 1.807) is 12.3 Å². The van der Waals surface area contributed by atoms with Crippen molar-refractivity contribution in [3.05, 3.63) is 41.1 Å². The molecule has 20 heavy (non-hydrogen) atoms. The van der Waals surface area contributed by atoms with Gasteiger partial charge in [-0.2, -0.15) is 0 Å². The molecule has 108 valence electrons. The maximum Gasteiger partial charge on any atom is 0.396 e. The van der Waals surface area contributed by atoms with Gasteiger partial charge in [0.15, 0.2) is 0 Å². The van der Waals surface area contributed by atoms with Crippen LogP contribution in [0.25, 0.3) is 11.1 Å². The molecular formula is C14H16ClO4P. The van der Waals surface area contributed by atoms with Crippen molar-refractivity contribution in [2.45, 2.75) is 13.3 Å². The molecule has 1 aromatic heterocycles. The summed E-state index contributed by atoms with van der Waals surface area (Å²) in [4.78, 5) is 0. The van der Waals surface area contributed by atoms with Crippen molar-refractivity contribution in [3.63, 3.8) is 0 Å². The van der Waals surface area contributed by atoms with Crippen LogP contribution in [-0.2, 0) is 20.0 Å². The fourth-order valence-corrected chi connectivity index (χ4v) is 3.60. The molecule has 4 nitrogen and oxygen atoms in total. The minimum absolute atomic E-state index is 0.236. The Balaban J connectivity index is 2.62. The molecule has 0 amide bonds. The SMILES string of the molecule is CCc1c(-c2ccccc2Cl)coc1P(=O)(OC)OC. The maximum absolute atomic E-state index is 12.5. The lowest BCUT2D eigenvalue weighted by molar-refractivity contribution is 0.281. The highest BCUT2D eigenvalue weighted by Gasteiger charge is 2.33. The lowest BCUT2D eigenvalue weighted by Crippen LogP contribution is -2.10. The first-order valence-electron chi connectivity index (χ1n) is 6.14. The van der Waals surface area contributed by atoms with E-state index in [0.717, 1.165) is 16.7 Å². The fourth-order valence-electron chi connectivity index (χ4n) is 2.09. The second-order valence-corrected chi connectivity index (χ2v) is 6.67. The lowest BCUT2D eigenvalue weighted by Gasteiger charge is -2.12. The highest BCUT2D eigenvalue weighted by atomic mass is 35.5. The predicted octanol–water partition coefficient (Wildman–Crippen LogP) is 4.27. The average molecular weight is 315 g/mol. The highest BCUT2D eigenvalue weighted by Crippen LogP contribution is 2.48. The van der Waals surface area contributed by atoms with Crippen molar-refractivity contribution in [1.82, 2.24) is 0 Å². The fraction of sp³-hybridized carbons (Fsp3) is 0.286. The van der Waals surface area contributed by atoms with Crippen molar-refractivity contribution in [2.24, 2.45) is 0 Å².